The molecule has 9 heteroatoms. The van der Waals surface area contributed by atoms with Gasteiger partial charge in [0.05, 0.1) is 38.9 Å². The van der Waals surface area contributed by atoms with Crippen molar-refractivity contribution in [2.24, 2.45) is 0 Å². The highest BCUT2D eigenvalue weighted by atomic mass is 16.5. The second-order valence-electron chi connectivity index (χ2n) is 9.59. The molecule has 1 saturated carbocycles. The lowest BCUT2D eigenvalue weighted by molar-refractivity contribution is -0.134. The number of anilines is 1. The van der Waals surface area contributed by atoms with E-state index in [2.05, 4.69) is 29.6 Å². The van der Waals surface area contributed by atoms with Gasteiger partial charge in [-0.15, -0.1) is 0 Å². The Bertz CT molecular complexity index is 997. The fourth-order valence-electron chi connectivity index (χ4n) is 5.14. The minimum absolute atomic E-state index is 0.269. The van der Waals surface area contributed by atoms with Crippen LogP contribution in [0.25, 0.3) is 11.3 Å². The molecular weight excluding hydrogens is 444 g/mol. The first-order chi connectivity index (χ1) is 17.1. The second kappa shape index (κ2) is 10.8. The average Bonchev–Trinajstić information content (AvgIpc) is 2.88. The molecule has 3 heterocycles. The molecule has 3 fully saturated rings. The van der Waals surface area contributed by atoms with Crippen LogP contribution in [0.15, 0.2) is 30.6 Å². The van der Waals surface area contributed by atoms with E-state index in [1.165, 1.54) is 19.3 Å². The molecule has 1 aliphatic carbocycles. The lowest BCUT2D eigenvalue weighted by Gasteiger charge is -2.43. The van der Waals surface area contributed by atoms with Crippen molar-refractivity contribution in [1.82, 2.24) is 24.7 Å². The maximum atomic E-state index is 12.8. The summed E-state index contributed by atoms with van der Waals surface area (Å²) in [5, 5.41) is 0. The van der Waals surface area contributed by atoms with Gasteiger partial charge >= 0.3 is 0 Å². The first-order valence-electron chi connectivity index (χ1n) is 12.7. The summed E-state index contributed by atoms with van der Waals surface area (Å²) in [5.41, 5.74) is 1.72. The lowest BCUT2D eigenvalue weighted by Crippen LogP contribution is -2.56. The average molecular weight is 481 g/mol. The maximum absolute atomic E-state index is 12.8. The third kappa shape index (κ3) is 5.36. The minimum atomic E-state index is 0.269. The molecule has 2 saturated heterocycles. The van der Waals surface area contributed by atoms with Gasteiger partial charge in [0.1, 0.15) is 5.82 Å². The number of benzene rings is 1. The van der Waals surface area contributed by atoms with Crippen LogP contribution in [0.1, 0.15) is 19.3 Å². The van der Waals surface area contributed by atoms with Crippen LogP contribution in [0, 0.1) is 0 Å². The van der Waals surface area contributed by atoms with E-state index < -0.39 is 0 Å². The summed E-state index contributed by atoms with van der Waals surface area (Å²) in [6.45, 7) is 7.71. The molecule has 9 nitrogen and oxygen atoms in total. The summed E-state index contributed by atoms with van der Waals surface area (Å²) in [6, 6.07) is 6.51. The van der Waals surface area contributed by atoms with E-state index in [-0.39, 0.29) is 5.91 Å². The summed E-state index contributed by atoms with van der Waals surface area (Å²) in [5.74, 6) is 2.49. The van der Waals surface area contributed by atoms with Crippen molar-refractivity contribution in [1.29, 1.82) is 0 Å². The van der Waals surface area contributed by atoms with Crippen molar-refractivity contribution in [3.8, 4) is 22.8 Å². The number of rotatable bonds is 7. The Kier molecular flexibility index (Phi) is 7.34. The number of nitrogens with zero attached hydrogens (tertiary/aromatic N) is 6. The Morgan fingerprint density at radius 1 is 0.914 bits per heavy atom. The van der Waals surface area contributed by atoms with Crippen molar-refractivity contribution in [2.75, 3.05) is 78.0 Å². The van der Waals surface area contributed by atoms with Gasteiger partial charge in [0.25, 0.3) is 0 Å². The standard InChI is InChI=1S/C26H36N6O3/c1-34-23-7-6-20(16-24(23)35-2)22-17-28-25(18-27-22)31-10-8-29(9-11-31)19-26(33)32-14-12-30(13-15-32)21-4-3-5-21/h6-7,16-18,21H,3-5,8-15,19H2,1-2H3. The first-order valence-corrected chi connectivity index (χ1v) is 12.7. The molecule has 1 aromatic heterocycles. The van der Waals surface area contributed by atoms with Gasteiger partial charge in [-0.25, -0.2) is 4.98 Å². The van der Waals surface area contributed by atoms with E-state index in [1.54, 1.807) is 20.4 Å². The molecule has 0 bridgehead atoms. The molecule has 35 heavy (non-hydrogen) atoms. The van der Waals surface area contributed by atoms with Crippen LogP contribution in [0.4, 0.5) is 5.82 Å². The monoisotopic (exact) mass is 480 g/mol. The van der Waals surface area contributed by atoms with Gasteiger partial charge in [0.15, 0.2) is 11.5 Å². The molecule has 0 N–H and O–H groups in total. The number of carbonyl (C=O) groups excluding carboxylic acids is 1. The predicted octanol–water partition coefficient (Wildman–Crippen LogP) is 1.98. The fourth-order valence-corrected chi connectivity index (χ4v) is 5.14. The zero-order chi connectivity index (χ0) is 24.2. The summed E-state index contributed by atoms with van der Waals surface area (Å²) < 4.78 is 10.7. The number of hydrogen-bond donors (Lipinski definition) is 0. The Labute approximate surface area is 207 Å². The van der Waals surface area contributed by atoms with Crippen LogP contribution in [-0.2, 0) is 4.79 Å². The third-order valence-corrected chi connectivity index (χ3v) is 7.63. The second-order valence-corrected chi connectivity index (χ2v) is 9.59. The number of methoxy groups -OCH3 is 2. The summed E-state index contributed by atoms with van der Waals surface area (Å²) in [7, 11) is 3.25. The van der Waals surface area contributed by atoms with Crippen LogP contribution in [-0.4, -0.2) is 110 Å². The molecule has 2 aromatic rings. The zero-order valence-electron chi connectivity index (χ0n) is 20.9. The number of amides is 1. The number of carbonyl (C=O) groups is 1. The van der Waals surface area contributed by atoms with Gasteiger partial charge in [-0.1, -0.05) is 6.42 Å². The van der Waals surface area contributed by atoms with Gasteiger partial charge in [-0.05, 0) is 31.0 Å². The molecule has 0 unspecified atom stereocenters. The van der Waals surface area contributed by atoms with Gasteiger partial charge in [0.2, 0.25) is 5.91 Å². The fraction of sp³-hybridized carbons (Fsp3) is 0.577. The Morgan fingerprint density at radius 2 is 1.66 bits per heavy atom. The molecule has 5 rings (SSSR count). The topological polar surface area (TPSA) is 74.3 Å². The molecule has 0 radical (unpaired) electrons. The van der Waals surface area contributed by atoms with E-state index >= 15 is 0 Å². The van der Waals surface area contributed by atoms with Crippen molar-refractivity contribution < 1.29 is 14.3 Å². The molecule has 0 atom stereocenters. The van der Waals surface area contributed by atoms with Gasteiger partial charge in [0, 0.05) is 64.0 Å². The molecule has 188 valence electrons. The Balaban J connectivity index is 1.10. The van der Waals surface area contributed by atoms with Gasteiger partial charge in [-0.3, -0.25) is 19.6 Å². The Morgan fingerprint density at radius 3 is 2.26 bits per heavy atom. The SMILES string of the molecule is COc1ccc(-c2cnc(N3CCN(CC(=O)N4CCN(C5CCC5)CC4)CC3)cn2)cc1OC. The number of aromatic nitrogens is 2. The molecule has 1 aromatic carbocycles. The van der Waals surface area contributed by atoms with E-state index in [0.717, 1.165) is 75.5 Å². The molecule has 1 amide bonds. The quantitative estimate of drug-likeness (QED) is 0.596. The van der Waals surface area contributed by atoms with E-state index in [0.29, 0.717) is 18.0 Å². The van der Waals surface area contributed by atoms with Gasteiger partial charge < -0.3 is 19.3 Å². The number of piperazine rings is 2. The highest BCUT2D eigenvalue weighted by Crippen LogP contribution is 2.31. The van der Waals surface area contributed by atoms with E-state index in [1.807, 2.05) is 24.4 Å². The number of hydrogen-bond acceptors (Lipinski definition) is 8. The van der Waals surface area contributed by atoms with Crippen LogP contribution in [0.5, 0.6) is 11.5 Å². The lowest BCUT2D eigenvalue weighted by atomic mass is 9.91. The normalized spacial score (nSPS) is 19.9. The summed E-state index contributed by atoms with van der Waals surface area (Å²) in [4.78, 5) is 31.3. The van der Waals surface area contributed by atoms with Crippen LogP contribution in [0.3, 0.4) is 0 Å². The molecule has 0 spiro atoms. The van der Waals surface area contributed by atoms with Crippen molar-refractivity contribution >= 4 is 11.7 Å². The largest absolute Gasteiger partial charge is 0.493 e. The number of ether oxygens (including phenoxy) is 2. The smallest absolute Gasteiger partial charge is 0.236 e. The van der Waals surface area contributed by atoms with Crippen molar-refractivity contribution in [3.05, 3.63) is 30.6 Å². The Hall–Kier alpha value is -2.91. The van der Waals surface area contributed by atoms with Crippen molar-refractivity contribution in [2.45, 2.75) is 25.3 Å². The minimum Gasteiger partial charge on any atom is -0.493 e. The van der Waals surface area contributed by atoms with Gasteiger partial charge in [-0.2, -0.15) is 0 Å². The first kappa shape index (κ1) is 23.8. The maximum Gasteiger partial charge on any atom is 0.236 e. The zero-order valence-corrected chi connectivity index (χ0v) is 20.9. The van der Waals surface area contributed by atoms with Crippen LogP contribution < -0.4 is 14.4 Å². The highest BCUT2D eigenvalue weighted by Gasteiger charge is 2.30. The van der Waals surface area contributed by atoms with Crippen molar-refractivity contribution in [3.63, 3.8) is 0 Å². The molecule has 2 aliphatic heterocycles. The molecule has 3 aliphatic rings. The third-order valence-electron chi connectivity index (χ3n) is 7.63. The predicted molar refractivity (Wildman–Crippen MR) is 135 cm³/mol. The highest BCUT2D eigenvalue weighted by molar-refractivity contribution is 5.78. The van der Waals surface area contributed by atoms with E-state index in [4.69, 9.17) is 9.47 Å². The van der Waals surface area contributed by atoms with Crippen LogP contribution in [0.2, 0.25) is 0 Å². The summed E-state index contributed by atoms with van der Waals surface area (Å²) >= 11 is 0. The van der Waals surface area contributed by atoms with Crippen LogP contribution >= 0.6 is 0 Å². The summed E-state index contributed by atoms with van der Waals surface area (Å²) in [6.07, 6.45) is 7.66. The molecular formula is C26H36N6O3. The van der Waals surface area contributed by atoms with E-state index in [9.17, 15) is 4.79 Å².